The zero-order valence-corrected chi connectivity index (χ0v) is 9.49. The topological polar surface area (TPSA) is 29.1 Å². The van der Waals surface area contributed by atoms with Gasteiger partial charge in [0.1, 0.15) is 0 Å². The highest BCUT2D eigenvalue weighted by atomic mass is 35.5. The van der Waals surface area contributed by atoms with Crippen molar-refractivity contribution in [2.45, 2.75) is 5.75 Å². The average Bonchev–Trinajstić information content (AvgIpc) is 2.20. The van der Waals surface area contributed by atoms with Crippen LogP contribution in [0, 0.1) is 0 Å². The molecule has 0 bridgehead atoms. The molecule has 0 spiro atoms. The minimum Gasteiger partial charge on any atom is -0.358 e. The summed E-state index contributed by atoms with van der Waals surface area (Å²) >= 11 is 7.52. The lowest BCUT2D eigenvalue weighted by Crippen LogP contribution is -2.19. The number of amides is 1. The van der Waals surface area contributed by atoms with Crippen LogP contribution in [0.5, 0.6) is 0 Å². The predicted octanol–water partition coefficient (Wildman–Crippen LogP) is 2.32. The van der Waals surface area contributed by atoms with Crippen molar-refractivity contribution in [1.29, 1.82) is 0 Å². The Hall–Kier alpha value is -0.670. The van der Waals surface area contributed by atoms with Gasteiger partial charge in [0.2, 0.25) is 5.91 Å². The maximum absolute atomic E-state index is 10.9. The van der Waals surface area contributed by atoms with Gasteiger partial charge in [-0.15, -0.1) is 11.8 Å². The second kappa shape index (κ2) is 5.94. The van der Waals surface area contributed by atoms with E-state index in [1.165, 1.54) is 0 Å². The maximum Gasteiger partial charge on any atom is 0.229 e. The third-order valence-corrected chi connectivity index (χ3v) is 3.08. The molecule has 0 saturated carbocycles. The van der Waals surface area contributed by atoms with E-state index in [9.17, 15) is 4.79 Å². The van der Waals surface area contributed by atoms with Crippen molar-refractivity contribution >= 4 is 29.3 Å². The highest BCUT2D eigenvalue weighted by Gasteiger charge is 2.01. The van der Waals surface area contributed by atoms with Gasteiger partial charge in [0.25, 0.3) is 0 Å². The van der Waals surface area contributed by atoms with Crippen molar-refractivity contribution in [1.82, 2.24) is 5.32 Å². The molecule has 1 aromatic rings. The summed E-state index contributed by atoms with van der Waals surface area (Å²) in [6.45, 7) is 0. The van der Waals surface area contributed by atoms with E-state index in [2.05, 4.69) is 5.32 Å². The Kier molecular flexibility index (Phi) is 4.84. The van der Waals surface area contributed by atoms with E-state index in [4.69, 9.17) is 11.6 Å². The van der Waals surface area contributed by atoms with E-state index in [0.29, 0.717) is 5.75 Å². The van der Waals surface area contributed by atoms with E-state index >= 15 is 0 Å². The zero-order valence-electron chi connectivity index (χ0n) is 7.92. The van der Waals surface area contributed by atoms with Crippen LogP contribution in [0.15, 0.2) is 24.3 Å². The third kappa shape index (κ3) is 3.60. The van der Waals surface area contributed by atoms with Crippen LogP contribution in [0.25, 0.3) is 0 Å². The summed E-state index contributed by atoms with van der Waals surface area (Å²) in [5.41, 5.74) is 1.07. The number of rotatable bonds is 4. The quantitative estimate of drug-likeness (QED) is 0.859. The summed E-state index contributed by atoms with van der Waals surface area (Å²) in [5, 5.41) is 3.33. The standard InChI is InChI=1S/C10H12ClNOS/c1-12-10(13)7-14-6-8-4-2-3-5-9(8)11/h2-5H,6-7H2,1H3,(H,12,13). The summed E-state index contributed by atoms with van der Waals surface area (Å²) in [5.74, 6) is 1.29. The average molecular weight is 230 g/mol. The van der Waals surface area contributed by atoms with Gasteiger partial charge in [-0.1, -0.05) is 29.8 Å². The molecular formula is C10H12ClNOS. The molecule has 0 fully saturated rings. The van der Waals surface area contributed by atoms with Crippen LogP contribution in [0.2, 0.25) is 5.02 Å². The minimum atomic E-state index is 0.0436. The van der Waals surface area contributed by atoms with Gasteiger partial charge in [-0.3, -0.25) is 4.79 Å². The van der Waals surface area contributed by atoms with Crippen LogP contribution in [-0.4, -0.2) is 18.7 Å². The Balaban J connectivity index is 2.39. The molecule has 2 nitrogen and oxygen atoms in total. The number of hydrogen-bond donors (Lipinski definition) is 1. The van der Waals surface area contributed by atoms with Crippen LogP contribution in [0.1, 0.15) is 5.56 Å². The van der Waals surface area contributed by atoms with Gasteiger partial charge in [0.05, 0.1) is 5.75 Å². The Morgan fingerprint density at radius 1 is 1.50 bits per heavy atom. The summed E-state index contributed by atoms with van der Waals surface area (Å²) in [4.78, 5) is 10.9. The summed E-state index contributed by atoms with van der Waals surface area (Å²) in [6, 6.07) is 7.67. The molecule has 76 valence electrons. The summed E-state index contributed by atoms with van der Waals surface area (Å²) in [6.07, 6.45) is 0. The van der Waals surface area contributed by atoms with E-state index in [0.717, 1.165) is 16.3 Å². The van der Waals surface area contributed by atoms with Crippen molar-refractivity contribution in [3.8, 4) is 0 Å². The third-order valence-electron chi connectivity index (χ3n) is 1.73. The van der Waals surface area contributed by atoms with Crippen molar-refractivity contribution in [2.75, 3.05) is 12.8 Å². The van der Waals surface area contributed by atoms with E-state index in [-0.39, 0.29) is 5.91 Å². The number of carbonyl (C=O) groups excluding carboxylic acids is 1. The first-order chi connectivity index (χ1) is 6.74. The predicted molar refractivity (Wildman–Crippen MR) is 61.7 cm³/mol. The van der Waals surface area contributed by atoms with E-state index in [1.807, 2.05) is 24.3 Å². The van der Waals surface area contributed by atoms with Crippen LogP contribution in [0.4, 0.5) is 0 Å². The molecule has 4 heteroatoms. The molecule has 1 amide bonds. The number of carbonyl (C=O) groups is 1. The number of hydrogen-bond acceptors (Lipinski definition) is 2. The number of thioether (sulfide) groups is 1. The lowest BCUT2D eigenvalue weighted by molar-refractivity contribution is -0.118. The Morgan fingerprint density at radius 3 is 2.86 bits per heavy atom. The second-order valence-corrected chi connectivity index (χ2v) is 4.15. The van der Waals surface area contributed by atoms with Crippen molar-refractivity contribution in [3.05, 3.63) is 34.9 Å². The highest BCUT2D eigenvalue weighted by Crippen LogP contribution is 2.20. The number of nitrogens with one attached hydrogen (secondary N) is 1. The monoisotopic (exact) mass is 229 g/mol. The summed E-state index contributed by atoms with van der Waals surface area (Å²) < 4.78 is 0. The first kappa shape index (κ1) is 11.4. The normalized spacial score (nSPS) is 9.86. The lowest BCUT2D eigenvalue weighted by atomic mass is 10.2. The number of benzene rings is 1. The van der Waals surface area contributed by atoms with Gasteiger partial charge in [-0.2, -0.15) is 0 Å². The Bertz CT molecular complexity index is 317. The zero-order chi connectivity index (χ0) is 10.4. The second-order valence-electron chi connectivity index (χ2n) is 2.76. The fourth-order valence-electron chi connectivity index (χ4n) is 0.941. The van der Waals surface area contributed by atoms with Gasteiger partial charge in [-0.25, -0.2) is 0 Å². The van der Waals surface area contributed by atoms with Crippen LogP contribution in [0.3, 0.4) is 0 Å². The molecule has 0 aliphatic heterocycles. The van der Waals surface area contributed by atoms with Crippen LogP contribution < -0.4 is 5.32 Å². The smallest absolute Gasteiger partial charge is 0.229 e. The maximum atomic E-state index is 10.9. The fraction of sp³-hybridized carbons (Fsp3) is 0.300. The highest BCUT2D eigenvalue weighted by molar-refractivity contribution is 7.99. The fourth-order valence-corrected chi connectivity index (χ4v) is 2.13. The van der Waals surface area contributed by atoms with Gasteiger partial charge in [0.15, 0.2) is 0 Å². The van der Waals surface area contributed by atoms with Crippen molar-refractivity contribution in [2.24, 2.45) is 0 Å². The largest absolute Gasteiger partial charge is 0.358 e. The Morgan fingerprint density at radius 2 is 2.21 bits per heavy atom. The molecule has 0 atom stereocenters. The SMILES string of the molecule is CNC(=O)CSCc1ccccc1Cl. The molecule has 0 saturated heterocycles. The first-order valence-corrected chi connectivity index (χ1v) is 5.79. The van der Waals surface area contributed by atoms with Crippen LogP contribution in [-0.2, 0) is 10.5 Å². The van der Waals surface area contributed by atoms with Gasteiger partial charge in [-0.05, 0) is 11.6 Å². The molecule has 0 aromatic heterocycles. The molecule has 14 heavy (non-hydrogen) atoms. The molecule has 0 aliphatic rings. The Labute approximate surface area is 93.0 Å². The molecule has 1 aromatic carbocycles. The van der Waals surface area contributed by atoms with Gasteiger partial charge < -0.3 is 5.32 Å². The van der Waals surface area contributed by atoms with Crippen molar-refractivity contribution < 1.29 is 4.79 Å². The molecular weight excluding hydrogens is 218 g/mol. The molecule has 1 N–H and O–H groups in total. The lowest BCUT2D eigenvalue weighted by Gasteiger charge is -2.03. The van der Waals surface area contributed by atoms with Crippen LogP contribution >= 0.6 is 23.4 Å². The molecule has 0 unspecified atom stereocenters. The summed E-state index contributed by atoms with van der Waals surface area (Å²) in [7, 11) is 1.64. The van der Waals surface area contributed by atoms with Gasteiger partial charge in [0, 0.05) is 17.8 Å². The van der Waals surface area contributed by atoms with Crippen molar-refractivity contribution in [3.63, 3.8) is 0 Å². The minimum absolute atomic E-state index is 0.0436. The molecule has 0 radical (unpaired) electrons. The molecule has 0 aliphatic carbocycles. The van der Waals surface area contributed by atoms with E-state index < -0.39 is 0 Å². The van der Waals surface area contributed by atoms with Gasteiger partial charge >= 0.3 is 0 Å². The molecule has 0 heterocycles. The van der Waals surface area contributed by atoms with E-state index in [1.54, 1.807) is 18.8 Å². The molecule has 1 rings (SSSR count). The first-order valence-electron chi connectivity index (χ1n) is 4.25. The number of halogens is 1.